The van der Waals surface area contributed by atoms with Crippen LogP contribution in [0.1, 0.15) is 23.7 Å². The summed E-state index contributed by atoms with van der Waals surface area (Å²) >= 11 is 23.8. The topological polar surface area (TPSA) is 26.3 Å². The molecule has 0 spiro atoms. The summed E-state index contributed by atoms with van der Waals surface area (Å²) in [5.41, 5.74) is 0.187. The highest BCUT2D eigenvalue weighted by atomic mass is 35.5. The predicted molar refractivity (Wildman–Crippen MR) is 74.3 cm³/mol. The second kappa shape index (κ2) is 5.56. The van der Waals surface area contributed by atoms with Crippen LogP contribution in [-0.4, -0.2) is 18.5 Å². The van der Waals surface area contributed by atoms with Crippen LogP contribution in [0.4, 0.5) is 0 Å². The predicted octanol–water partition coefficient (Wildman–Crippen LogP) is 4.91. The van der Waals surface area contributed by atoms with E-state index in [9.17, 15) is 4.79 Å². The summed E-state index contributed by atoms with van der Waals surface area (Å²) in [6, 6.07) is 1.42. The van der Waals surface area contributed by atoms with Crippen LogP contribution in [-0.2, 0) is 4.74 Å². The fraction of sp³-hybridized carbons (Fsp3) is 0.417. The highest BCUT2D eigenvalue weighted by Crippen LogP contribution is 2.39. The fourth-order valence-electron chi connectivity index (χ4n) is 1.96. The SMILES string of the molecule is CC1CCOC1C(=O)c1c(Cl)cc(Cl)c(Cl)c1Cl. The number of hydrogen-bond acceptors (Lipinski definition) is 2. The van der Waals surface area contributed by atoms with Crippen LogP contribution in [0.5, 0.6) is 0 Å². The van der Waals surface area contributed by atoms with Crippen LogP contribution in [0.25, 0.3) is 0 Å². The third-order valence-corrected chi connectivity index (χ3v) is 4.57. The zero-order valence-electron chi connectivity index (χ0n) is 9.47. The van der Waals surface area contributed by atoms with Gasteiger partial charge in [0.25, 0.3) is 0 Å². The lowest BCUT2D eigenvalue weighted by Crippen LogP contribution is -2.25. The van der Waals surface area contributed by atoms with Crippen molar-refractivity contribution < 1.29 is 9.53 Å². The smallest absolute Gasteiger partial charge is 0.194 e. The Balaban J connectivity index is 2.45. The molecule has 1 aromatic carbocycles. The highest BCUT2D eigenvalue weighted by Gasteiger charge is 2.34. The average Bonchev–Trinajstić information content (AvgIpc) is 2.72. The van der Waals surface area contributed by atoms with E-state index in [1.54, 1.807) is 0 Å². The number of rotatable bonds is 2. The highest BCUT2D eigenvalue weighted by molar-refractivity contribution is 6.51. The summed E-state index contributed by atoms with van der Waals surface area (Å²) in [6.07, 6.45) is 0.324. The number of halogens is 4. The Bertz CT molecular complexity index is 501. The van der Waals surface area contributed by atoms with E-state index >= 15 is 0 Å². The molecule has 0 amide bonds. The molecule has 2 atom stereocenters. The summed E-state index contributed by atoms with van der Waals surface area (Å²) in [5, 5.41) is 0.643. The molecule has 1 aromatic rings. The Kier molecular flexibility index (Phi) is 4.45. The van der Waals surface area contributed by atoms with Crippen LogP contribution < -0.4 is 0 Å². The zero-order chi connectivity index (χ0) is 13.4. The van der Waals surface area contributed by atoms with Crippen molar-refractivity contribution in [2.45, 2.75) is 19.4 Å². The number of carbonyl (C=O) groups is 1. The second-order valence-corrected chi connectivity index (χ2v) is 5.84. The van der Waals surface area contributed by atoms with Gasteiger partial charge < -0.3 is 4.74 Å². The average molecular weight is 328 g/mol. The van der Waals surface area contributed by atoms with E-state index in [0.717, 1.165) is 6.42 Å². The van der Waals surface area contributed by atoms with Gasteiger partial charge in [0.2, 0.25) is 0 Å². The van der Waals surface area contributed by atoms with E-state index in [4.69, 9.17) is 51.1 Å². The minimum atomic E-state index is -0.516. The van der Waals surface area contributed by atoms with Crippen molar-refractivity contribution in [2.24, 2.45) is 5.92 Å². The zero-order valence-corrected chi connectivity index (χ0v) is 12.5. The molecule has 2 rings (SSSR count). The fourth-order valence-corrected chi connectivity index (χ4v) is 3.06. The number of hydrogen-bond donors (Lipinski definition) is 0. The van der Waals surface area contributed by atoms with Crippen molar-refractivity contribution >= 4 is 52.2 Å². The van der Waals surface area contributed by atoms with E-state index in [-0.39, 0.29) is 37.4 Å². The molecule has 0 saturated carbocycles. The van der Waals surface area contributed by atoms with Gasteiger partial charge in [0.1, 0.15) is 6.10 Å². The quantitative estimate of drug-likeness (QED) is 0.438. The number of ether oxygens (including phenoxy) is 1. The Morgan fingerprint density at radius 1 is 1.22 bits per heavy atom. The molecule has 6 heteroatoms. The third kappa shape index (κ3) is 2.50. The Morgan fingerprint density at radius 3 is 2.44 bits per heavy atom. The summed E-state index contributed by atoms with van der Waals surface area (Å²) in [7, 11) is 0. The molecular weight excluding hydrogens is 318 g/mol. The van der Waals surface area contributed by atoms with Gasteiger partial charge in [-0.15, -0.1) is 0 Å². The largest absolute Gasteiger partial charge is 0.370 e. The van der Waals surface area contributed by atoms with E-state index in [2.05, 4.69) is 0 Å². The minimum Gasteiger partial charge on any atom is -0.370 e. The normalized spacial score (nSPS) is 23.4. The molecule has 0 aromatic heterocycles. The van der Waals surface area contributed by atoms with Gasteiger partial charge in [-0.25, -0.2) is 0 Å². The summed E-state index contributed by atoms with van der Waals surface area (Å²) in [5.74, 6) is -0.104. The number of Topliss-reactive ketones (excluding diaryl/α,β-unsaturated/α-hetero) is 1. The molecule has 2 nitrogen and oxygen atoms in total. The molecule has 0 radical (unpaired) electrons. The molecule has 0 aliphatic carbocycles. The molecule has 98 valence electrons. The molecule has 1 aliphatic rings. The first-order chi connectivity index (χ1) is 8.43. The van der Waals surface area contributed by atoms with Gasteiger partial charge in [0, 0.05) is 6.61 Å². The van der Waals surface area contributed by atoms with Crippen LogP contribution in [0, 0.1) is 5.92 Å². The van der Waals surface area contributed by atoms with Crippen LogP contribution >= 0.6 is 46.4 Å². The molecule has 2 unspecified atom stereocenters. The first-order valence-electron chi connectivity index (χ1n) is 5.42. The van der Waals surface area contributed by atoms with Crippen molar-refractivity contribution in [1.82, 2.24) is 0 Å². The first-order valence-corrected chi connectivity index (χ1v) is 6.93. The van der Waals surface area contributed by atoms with E-state index in [0.29, 0.717) is 6.61 Å². The van der Waals surface area contributed by atoms with Crippen LogP contribution in [0.15, 0.2) is 6.07 Å². The molecule has 1 fully saturated rings. The van der Waals surface area contributed by atoms with Gasteiger partial charge in [-0.2, -0.15) is 0 Å². The number of benzene rings is 1. The maximum absolute atomic E-state index is 12.4. The lowest BCUT2D eigenvalue weighted by molar-refractivity contribution is 0.0580. The van der Waals surface area contributed by atoms with E-state index < -0.39 is 6.10 Å². The monoisotopic (exact) mass is 326 g/mol. The summed E-state index contributed by atoms with van der Waals surface area (Å²) < 4.78 is 5.42. The van der Waals surface area contributed by atoms with Gasteiger partial charge in [-0.05, 0) is 18.4 Å². The van der Waals surface area contributed by atoms with E-state index in [1.807, 2.05) is 6.92 Å². The Labute approximate surface area is 125 Å². The van der Waals surface area contributed by atoms with Gasteiger partial charge in [-0.3, -0.25) is 4.79 Å². The molecule has 18 heavy (non-hydrogen) atoms. The molecule has 1 saturated heterocycles. The lowest BCUT2D eigenvalue weighted by Gasteiger charge is -2.16. The first kappa shape index (κ1) is 14.4. The number of ketones is 1. The van der Waals surface area contributed by atoms with Gasteiger partial charge in [-0.1, -0.05) is 53.3 Å². The van der Waals surface area contributed by atoms with Crippen molar-refractivity contribution in [3.63, 3.8) is 0 Å². The Morgan fingerprint density at radius 2 is 1.89 bits per heavy atom. The van der Waals surface area contributed by atoms with Crippen molar-refractivity contribution in [2.75, 3.05) is 6.61 Å². The second-order valence-electron chi connectivity index (χ2n) is 4.26. The van der Waals surface area contributed by atoms with Gasteiger partial charge >= 0.3 is 0 Å². The number of carbonyl (C=O) groups excluding carboxylic acids is 1. The molecule has 1 aliphatic heterocycles. The molecular formula is C12H10Cl4O2. The Hall–Kier alpha value is 0.01000. The van der Waals surface area contributed by atoms with Crippen molar-refractivity contribution in [3.8, 4) is 0 Å². The molecule has 0 bridgehead atoms. The maximum atomic E-state index is 12.4. The maximum Gasteiger partial charge on any atom is 0.194 e. The molecule has 0 N–H and O–H groups in total. The van der Waals surface area contributed by atoms with Crippen LogP contribution in [0.2, 0.25) is 20.1 Å². The van der Waals surface area contributed by atoms with Crippen molar-refractivity contribution in [1.29, 1.82) is 0 Å². The van der Waals surface area contributed by atoms with Crippen molar-refractivity contribution in [3.05, 3.63) is 31.7 Å². The lowest BCUT2D eigenvalue weighted by atomic mass is 9.96. The van der Waals surface area contributed by atoms with Gasteiger partial charge in [0.05, 0.1) is 25.7 Å². The minimum absolute atomic E-state index is 0.0851. The van der Waals surface area contributed by atoms with E-state index in [1.165, 1.54) is 6.07 Å². The standard InChI is InChI=1S/C12H10Cl4O2/c1-5-2-3-18-12(5)11(17)8-6(13)4-7(14)9(15)10(8)16/h4-5,12H,2-3H2,1H3. The summed E-state index contributed by atoms with van der Waals surface area (Å²) in [6.45, 7) is 2.52. The van der Waals surface area contributed by atoms with Crippen LogP contribution in [0.3, 0.4) is 0 Å². The third-order valence-electron chi connectivity index (χ3n) is 3.01. The summed E-state index contributed by atoms with van der Waals surface area (Å²) in [4.78, 5) is 12.4. The molecule has 1 heterocycles. The van der Waals surface area contributed by atoms with Gasteiger partial charge in [0.15, 0.2) is 5.78 Å².